The molecule has 0 saturated carbocycles. The van der Waals surface area contributed by atoms with Crippen LogP contribution < -0.4 is 10.1 Å². The number of rotatable bonds is 5. The van der Waals surface area contributed by atoms with Gasteiger partial charge in [-0.25, -0.2) is 14.5 Å². The molecular weight excluding hydrogens is 414 g/mol. The van der Waals surface area contributed by atoms with Crippen LogP contribution in [0.4, 0.5) is 0 Å². The largest absolute Gasteiger partial charge is 0.481 e. The molecule has 1 amide bonds. The summed E-state index contributed by atoms with van der Waals surface area (Å²) < 4.78 is 7.09. The fraction of sp³-hybridized carbons (Fsp3) is 0.308. The molecule has 4 aromatic rings. The van der Waals surface area contributed by atoms with Gasteiger partial charge in [0.15, 0.2) is 5.65 Å². The minimum Gasteiger partial charge on any atom is -0.481 e. The van der Waals surface area contributed by atoms with E-state index < -0.39 is 0 Å². The molecule has 168 valence electrons. The number of fused-ring (bicyclic) bond motifs is 2. The summed E-state index contributed by atoms with van der Waals surface area (Å²) in [5.41, 5.74) is 6.95. The van der Waals surface area contributed by atoms with Crippen molar-refractivity contribution in [2.45, 2.75) is 45.6 Å². The van der Waals surface area contributed by atoms with E-state index >= 15 is 0 Å². The molecule has 1 unspecified atom stereocenters. The van der Waals surface area contributed by atoms with E-state index in [0.717, 1.165) is 35.5 Å². The first-order chi connectivity index (χ1) is 16.0. The van der Waals surface area contributed by atoms with Crippen molar-refractivity contribution in [2.75, 3.05) is 7.11 Å². The van der Waals surface area contributed by atoms with Gasteiger partial charge in [0.1, 0.15) is 0 Å². The predicted molar refractivity (Wildman–Crippen MR) is 127 cm³/mol. The summed E-state index contributed by atoms with van der Waals surface area (Å²) in [5, 5.41) is 8.00. The minimum atomic E-state index is -0.121. The van der Waals surface area contributed by atoms with Crippen LogP contribution in [0, 0.1) is 6.92 Å². The van der Waals surface area contributed by atoms with Crippen LogP contribution >= 0.6 is 0 Å². The summed E-state index contributed by atoms with van der Waals surface area (Å²) in [7, 11) is 1.60. The van der Waals surface area contributed by atoms with E-state index in [1.807, 2.05) is 31.2 Å². The van der Waals surface area contributed by atoms with Gasteiger partial charge in [-0.05, 0) is 42.9 Å². The van der Waals surface area contributed by atoms with E-state index in [-0.39, 0.29) is 17.9 Å². The summed E-state index contributed by atoms with van der Waals surface area (Å²) in [4.78, 5) is 22.7. The lowest BCUT2D eigenvalue weighted by molar-refractivity contribution is 0.0934. The number of pyridine rings is 1. The summed E-state index contributed by atoms with van der Waals surface area (Å²) in [6.45, 7) is 6.07. The Hall–Kier alpha value is -3.74. The quantitative estimate of drug-likeness (QED) is 0.488. The number of benzene rings is 1. The van der Waals surface area contributed by atoms with Gasteiger partial charge in [-0.2, -0.15) is 5.10 Å². The van der Waals surface area contributed by atoms with Crippen molar-refractivity contribution >= 4 is 11.6 Å². The van der Waals surface area contributed by atoms with E-state index in [4.69, 9.17) is 9.84 Å². The van der Waals surface area contributed by atoms with Crippen molar-refractivity contribution in [1.82, 2.24) is 24.9 Å². The van der Waals surface area contributed by atoms with Crippen molar-refractivity contribution in [2.24, 2.45) is 0 Å². The highest BCUT2D eigenvalue weighted by atomic mass is 16.5. The number of carbonyl (C=O) groups excluding carboxylic acids is 1. The summed E-state index contributed by atoms with van der Waals surface area (Å²) >= 11 is 0. The highest BCUT2D eigenvalue weighted by Gasteiger charge is 2.27. The van der Waals surface area contributed by atoms with Gasteiger partial charge < -0.3 is 10.1 Å². The number of nitrogens with zero attached hydrogens (tertiary/aromatic N) is 4. The molecule has 7 heteroatoms. The Morgan fingerprint density at radius 2 is 2.00 bits per heavy atom. The second-order valence-corrected chi connectivity index (χ2v) is 8.74. The maximum absolute atomic E-state index is 13.4. The maximum atomic E-state index is 13.4. The van der Waals surface area contributed by atoms with Gasteiger partial charge in [-0.15, -0.1) is 0 Å². The van der Waals surface area contributed by atoms with Gasteiger partial charge in [0.2, 0.25) is 5.88 Å². The van der Waals surface area contributed by atoms with Gasteiger partial charge in [0.25, 0.3) is 5.91 Å². The normalized spacial score (nSPS) is 15.1. The molecule has 3 heterocycles. The Labute approximate surface area is 192 Å². The lowest BCUT2D eigenvalue weighted by Gasteiger charge is -2.18. The zero-order chi connectivity index (χ0) is 23.1. The molecule has 1 aliphatic rings. The number of aryl methyl sites for hydroxylation is 2. The molecule has 0 radical (unpaired) electrons. The van der Waals surface area contributed by atoms with Crippen LogP contribution in [-0.2, 0) is 6.42 Å². The van der Waals surface area contributed by atoms with E-state index in [0.29, 0.717) is 17.1 Å². The zero-order valence-electron chi connectivity index (χ0n) is 19.3. The molecule has 1 atom stereocenters. The number of aromatic nitrogens is 4. The standard InChI is InChI=1S/C26H27N5O2/c1-15(2)24-19(26(32)29-20-13-12-17-8-5-6-9-18(17)20)14-27-25-23(16(3)30-31(24)25)21-10-7-11-22(28-21)33-4/h5-11,14-15,20H,12-13H2,1-4H3,(H,29,32). The first-order valence-electron chi connectivity index (χ1n) is 11.3. The fourth-order valence-corrected chi connectivity index (χ4v) is 4.75. The van der Waals surface area contributed by atoms with Crippen LogP contribution in [0.3, 0.4) is 0 Å². The molecular formula is C26H27N5O2. The smallest absolute Gasteiger partial charge is 0.255 e. The minimum absolute atomic E-state index is 0.0142. The van der Waals surface area contributed by atoms with E-state index in [2.05, 4.69) is 41.3 Å². The molecule has 33 heavy (non-hydrogen) atoms. The Balaban J connectivity index is 1.57. The fourth-order valence-electron chi connectivity index (χ4n) is 4.75. The number of carbonyl (C=O) groups is 1. The molecule has 1 N–H and O–H groups in total. The van der Waals surface area contributed by atoms with E-state index in [1.54, 1.807) is 23.9 Å². The average molecular weight is 442 g/mol. The monoisotopic (exact) mass is 441 g/mol. The Morgan fingerprint density at radius 1 is 1.18 bits per heavy atom. The summed E-state index contributed by atoms with van der Waals surface area (Å²) in [6, 6.07) is 13.9. The highest BCUT2D eigenvalue weighted by molar-refractivity contribution is 5.96. The summed E-state index contributed by atoms with van der Waals surface area (Å²) in [6.07, 6.45) is 3.56. The third kappa shape index (κ3) is 3.63. The number of nitrogens with one attached hydrogen (secondary N) is 1. The van der Waals surface area contributed by atoms with Crippen molar-refractivity contribution in [3.8, 4) is 17.1 Å². The number of hydrogen-bond donors (Lipinski definition) is 1. The molecule has 1 aliphatic carbocycles. The van der Waals surface area contributed by atoms with Gasteiger partial charge in [-0.3, -0.25) is 4.79 Å². The summed E-state index contributed by atoms with van der Waals surface area (Å²) in [5.74, 6) is 0.477. The van der Waals surface area contributed by atoms with Crippen LogP contribution in [0.25, 0.3) is 16.9 Å². The van der Waals surface area contributed by atoms with Crippen LogP contribution in [0.2, 0.25) is 0 Å². The molecule has 3 aromatic heterocycles. The van der Waals surface area contributed by atoms with Gasteiger partial charge in [-0.1, -0.05) is 44.2 Å². The third-order valence-electron chi connectivity index (χ3n) is 6.27. The van der Waals surface area contributed by atoms with Gasteiger partial charge >= 0.3 is 0 Å². The predicted octanol–water partition coefficient (Wildman–Crippen LogP) is 4.65. The van der Waals surface area contributed by atoms with Crippen molar-refractivity contribution in [3.63, 3.8) is 0 Å². The molecule has 1 aromatic carbocycles. The Bertz CT molecular complexity index is 1360. The SMILES string of the molecule is COc1cccc(-c2c(C)nn3c(C(C)C)c(C(=O)NC4CCc5ccccc54)cnc23)n1. The molecule has 0 fully saturated rings. The van der Waals surface area contributed by atoms with E-state index in [1.165, 1.54) is 11.1 Å². The molecule has 0 aliphatic heterocycles. The molecule has 0 bridgehead atoms. The van der Waals surface area contributed by atoms with Crippen molar-refractivity contribution in [3.05, 3.63) is 76.7 Å². The lowest BCUT2D eigenvalue weighted by atomic mass is 10.0. The second kappa shape index (κ2) is 8.31. The van der Waals surface area contributed by atoms with Gasteiger partial charge in [0, 0.05) is 12.3 Å². The van der Waals surface area contributed by atoms with Crippen molar-refractivity contribution < 1.29 is 9.53 Å². The molecule has 5 rings (SSSR count). The lowest BCUT2D eigenvalue weighted by Crippen LogP contribution is -2.29. The van der Waals surface area contributed by atoms with E-state index in [9.17, 15) is 4.79 Å². The topological polar surface area (TPSA) is 81.4 Å². The maximum Gasteiger partial charge on any atom is 0.255 e. The Kier molecular flexibility index (Phi) is 5.32. The Morgan fingerprint density at radius 3 is 2.79 bits per heavy atom. The second-order valence-electron chi connectivity index (χ2n) is 8.74. The average Bonchev–Trinajstić information content (AvgIpc) is 3.38. The van der Waals surface area contributed by atoms with Crippen LogP contribution in [0.5, 0.6) is 5.88 Å². The molecule has 7 nitrogen and oxygen atoms in total. The number of hydrogen-bond acceptors (Lipinski definition) is 5. The molecule has 0 saturated heterocycles. The molecule has 0 spiro atoms. The highest BCUT2D eigenvalue weighted by Crippen LogP contribution is 2.33. The van der Waals surface area contributed by atoms with Crippen LogP contribution in [0.15, 0.2) is 48.7 Å². The van der Waals surface area contributed by atoms with Crippen molar-refractivity contribution in [1.29, 1.82) is 0 Å². The zero-order valence-corrected chi connectivity index (χ0v) is 19.3. The first kappa shape index (κ1) is 21.1. The number of amides is 1. The first-order valence-corrected chi connectivity index (χ1v) is 11.3. The van der Waals surface area contributed by atoms with Crippen LogP contribution in [-0.4, -0.2) is 32.6 Å². The number of methoxy groups -OCH3 is 1. The van der Waals surface area contributed by atoms with Crippen LogP contribution in [0.1, 0.15) is 65.1 Å². The number of ether oxygens (including phenoxy) is 1. The third-order valence-corrected chi connectivity index (χ3v) is 6.27. The van der Waals surface area contributed by atoms with Gasteiger partial charge in [0.05, 0.1) is 41.4 Å².